The van der Waals surface area contributed by atoms with Crippen molar-refractivity contribution in [1.29, 1.82) is 0 Å². The van der Waals surface area contributed by atoms with E-state index in [2.05, 4.69) is 0 Å². The molecule has 1 aromatic carbocycles. The zero-order chi connectivity index (χ0) is 14.8. The number of benzene rings is 1. The summed E-state index contributed by atoms with van der Waals surface area (Å²) in [5.41, 5.74) is 5.77. The highest BCUT2D eigenvalue weighted by atomic mass is 35.5. The maximum atomic E-state index is 12.5. The van der Waals surface area contributed by atoms with Crippen molar-refractivity contribution in [3.05, 3.63) is 24.3 Å². The molecule has 1 fully saturated rings. The Balaban J connectivity index is 0.00000220. The van der Waals surface area contributed by atoms with Crippen LogP contribution in [-0.2, 0) is 10.0 Å². The molecule has 2 atom stereocenters. The number of halogens is 1. The summed E-state index contributed by atoms with van der Waals surface area (Å²) < 4.78 is 31.4. The van der Waals surface area contributed by atoms with Gasteiger partial charge in [-0.15, -0.1) is 12.4 Å². The Labute approximate surface area is 131 Å². The highest BCUT2D eigenvalue weighted by molar-refractivity contribution is 7.89. The van der Waals surface area contributed by atoms with Crippen LogP contribution in [0.15, 0.2) is 29.2 Å². The minimum atomic E-state index is -3.60. The number of hydrogen-bond donors (Lipinski definition) is 2. The van der Waals surface area contributed by atoms with E-state index in [9.17, 15) is 13.5 Å². The van der Waals surface area contributed by atoms with E-state index in [1.807, 2.05) is 0 Å². The second kappa shape index (κ2) is 7.42. The molecule has 1 saturated heterocycles. The first-order chi connectivity index (χ1) is 9.45. The average Bonchev–Trinajstić information content (AvgIpc) is 2.61. The third-order valence-electron chi connectivity index (χ3n) is 3.53. The molecule has 0 bridgehead atoms. The second-order valence-corrected chi connectivity index (χ2v) is 6.85. The van der Waals surface area contributed by atoms with Crippen molar-refractivity contribution < 1.29 is 18.3 Å². The van der Waals surface area contributed by atoms with Crippen LogP contribution >= 0.6 is 12.4 Å². The summed E-state index contributed by atoms with van der Waals surface area (Å²) in [6, 6.07) is 5.85. The highest BCUT2D eigenvalue weighted by Crippen LogP contribution is 2.22. The largest absolute Gasteiger partial charge is 0.497 e. The topological polar surface area (TPSA) is 92.9 Å². The van der Waals surface area contributed by atoms with Crippen molar-refractivity contribution in [2.24, 2.45) is 5.73 Å². The van der Waals surface area contributed by atoms with Gasteiger partial charge in [0.25, 0.3) is 0 Å². The molecule has 1 aromatic rings. The Bertz CT molecular complexity index is 550. The van der Waals surface area contributed by atoms with Crippen molar-refractivity contribution in [2.45, 2.75) is 29.9 Å². The van der Waals surface area contributed by atoms with Gasteiger partial charge in [0.1, 0.15) is 5.75 Å². The Morgan fingerprint density at radius 1 is 1.33 bits per heavy atom. The summed E-state index contributed by atoms with van der Waals surface area (Å²) in [4.78, 5) is 0.195. The molecule has 2 rings (SSSR count). The maximum absolute atomic E-state index is 12.5. The van der Waals surface area contributed by atoms with Crippen LogP contribution in [0, 0.1) is 0 Å². The van der Waals surface area contributed by atoms with Crippen LogP contribution in [0.25, 0.3) is 0 Å². The molecule has 0 aromatic heterocycles. The number of nitrogens with two attached hydrogens (primary N) is 1. The molecule has 21 heavy (non-hydrogen) atoms. The van der Waals surface area contributed by atoms with E-state index < -0.39 is 16.1 Å². The lowest BCUT2D eigenvalue weighted by molar-refractivity contribution is 0.130. The predicted molar refractivity (Wildman–Crippen MR) is 82.2 cm³/mol. The van der Waals surface area contributed by atoms with Crippen molar-refractivity contribution in [3.63, 3.8) is 0 Å². The number of sulfonamides is 1. The van der Waals surface area contributed by atoms with E-state index in [1.165, 1.54) is 23.5 Å². The monoisotopic (exact) mass is 336 g/mol. The molecule has 3 N–H and O–H groups in total. The first-order valence-electron chi connectivity index (χ1n) is 6.53. The molecule has 0 amide bonds. The summed E-state index contributed by atoms with van der Waals surface area (Å²) in [6.07, 6.45) is 0.439. The number of nitrogens with zero attached hydrogens (tertiary/aromatic N) is 1. The molecule has 120 valence electrons. The molecule has 0 radical (unpaired) electrons. The van der Waals surface area contributed by atoms with Crippen molar-refractivity contribution in [2.75, 3.05) is 20.2 Å². The Morgan fingerprint density at radius 3 is 2.52 bits per heavy atom. The van der Waals surface area contributed by atoms with Gasteiger partial charge in [0.15, 0.2) is 0 Å². The summed E-state index contributed by atoms with van der Waals surface area (Å²) in [7, 11) is -2.08. The molecule has 1 heterocycles. The highest BCUT2D eigenvalue weighted by Gasteiger charge is 2.31. The van der Waals surface area contributed by atoms with Gasteiger partial charge in [-0.2, -0.15) is 4.31 Å². The van der Waals surface area contributed by atoms with E-state index in [0.29, 0.717) is 25.1 Å². The van der Waals surface area contributed by atoms with Crippen LogP contribution in [0.3, 0.4) is 0 Å². The number of aliphatic hydroxyl groups excluding tert-OH is 1. The lowest BCUT2D eigenvalue weighted by Crippen LogP contribution is -2.42. The number of rotatable bonds is 3. The molecule has 1 aliphatic heterocycles. The van der Waals surface area contributed by atoms with Crippen LogP contribution < -0.4 is 10.5 Å². The summed E-state index contributed by atoms with van der Waals surface area (Å²) >= 11 is 0. The SMILES string of the molecule is COc1ccc(S(=O)(=O)N2CCCC(N)C(O)C2)cc1.Cl. The van der Waals surface area contributed by atoms with Gasteiger partial charge < -0.3 is 15.6 Å². The average molecular weight is 337 g/mol. The lowest BCUT2D eigenvalue weighted by atomic mass is 10.1. The fourth-order valence-electron chi connectivity index (χ4n) is 2.25. The van der Waals surface area contributed by atoms with E-state index in [-0.39, 0.29) is 29.9 Å². The predicted octanol–water partition coefficient (Wildman–Crippen LogP) is 0.590. The first kappa shape index (κ1) is 18.2. The number of methoxy groups -OCH3 is 1. The molecule has 6 nitrogen and oxygen atoms in total. The minimum Gasteiger partial charge on any atom is -0.497 e. The van der Waals surface area contributed by atoms with Gasteiger partial charge in [-0.3, -0.25) is 0 Å². The lowest BCUT2D eigenvalue weighted by Gasteiger charge is -2.23. The normalized spacial score (nSPS) is 24.0. The number of β-amino-alcohol motifs (C(OH)–C–C–N with tert-alkyl or cyclic N) is 1. The van der Waals surface area contributed by atoms with Gasteiger partial charge in [0.2, 0.25) is 10.0 Å². The summed E-state index contributed by atoms with van der Waals surface area (Å²) in [5.74, 6) is 0.599. The van der Waals surface area contributed by atoms with E-state index >= 15 is 0 Å². The van der Waals surface area contributed by atoms with Gasteiger partial charge >= 0.3 is 0 Å². The van der Waals surface area contributed by atoms with Crippen molar-refractivity contribution >= 4 is 22.4 Å². The Kier molecular flexibility index (Phi) is 6.42. The first-order valence-corrected chi connectivity index (χ1v) is 7.97. The molecule has 0 aliphatic carbocycles. The standard InChI is InChI=1S/C13H20N2O4S.ClH/c1-19-10-4-6-11(7-5-10)20(17,18)15-8-2-3-12(14)13(16)9-15;/h4-7,12-13,16H,2-3,8-9,14H2,1H3;1H. The van der Waals surface area contributed by atoms with E-state index in [1.54, 1.807) is 12.1 Å². The third kappa shape index (κ3) is 4.08. The third-order valence-corrected chi connectivity index (χ3v) is 5.41. The zero-order valence-corrected chi connectivity index (χ0v) is 13.4. The minimum absolute atomic E-state index is 0. The number of aliphatic hydroxyl groups is 1. The van der Waals surface area contributed by atoms with Gasteiger partial charge in [-0.1, -0.05) is 0 Å². The van der Waals surface area contributed by atoms with E-state index in [0.717, 1.165) is 0 Å². The summed E-state index contributed by atoms with van der Waals surface area (Å²) in [6.45, 7) is 0.411. The fourth-order valence-corrected chi connectivity index (χ4v) is 3.74. The Morgan fingerprint density at radius 2 is 1.95 bits per heavy atom. The zero-order valence-electron chi connectivity index (χ0n) is 11.8. The molecular weight excluding hydrogens is 316 g/mol. The van der Waals surface area contributed by atoms with Crippen LogP contribution in [0.4, 0.5) is 0 Å². The van der Waals surface area contributed by atoms with Crippen LogP contribution in [0.5, 0.6) is 5.75 Å². The smallest absolute Gasteiger partial charge is 0.243 e. The van der Waals surface area contributed by atoms with Gasteiger partial charge in [-0.25, -0.2) is 8.42 Å². The molecule has 1 aliphatic rings. The van der Waals surface area contributed by atoms with Crippen molar-refractivity contribution in [3.8, 4) is 5.75 Å². The Hall–Kier alpha value is -0.860. The molecule has 0 spiro atoms. The van der Waals surface area contributed by atoms with Gasteiger partial charge in [0, 0.05) is 19.1 Å². The molecular formula is C13H21ClN2O4S. The molecule has 0 saturated carbocycles. The van der Waals surface area contributed by atoms with Crippen LogP contribution in [0.1, 0.15) is 12.8 Å². The van der Waals surface area contributed by atoms with Gasteiger partial charge in [0.05, 0.1) is 18.1 Å². The second-order valence-electron chi connectivity index (χ2n) is 4.91. The van der Waals surface area contributed by atoms with Crippen LogP contribution in [-0.4, -0.2) is 50.2 Å². The van der Waals surface area contributed by atoms with Crippen LogP contribution in [0.2, 0.25) is 0 Å². The summed E-state index contributed by atoms with van der Waals surface area (Å²) in [5, 5.41) is 9.87. The fraction of sp³-hybridized carbons (Fsp3) is 0.538. The van der Waals surface area contributed by atoms with Gasteiger partial charge in [-0.05, 0) is 37.1 Å². The van der Waals surface area contributed by atoms with Crippen molar-refractivity contribution in [1.82, 2.24) is 4.31 Å². The molecule has 2 unspecified atom stereocenters. The number of ether oxygens (including phenoxy) is 1. The maximum Gasteiger partial charge on any atom is 0.243 e. The quantitative estimate of drug-likeness (QED) is 0.842. The molecule has 8 heteroatoms. The number of hydrogen-bond acceptors (Lipinski definition) is 5. The van der Waals surface area contributed by atoms with E-state index in [4.69, 9.17) is 10.5 Å².